The number of aromatic nitrogens is 3. The number of halogens is 1. The molecule has 0 aliphatic rings. The third-order valence-corrected chi connectivity index (χ3v) is 3.97. The van der Waals surface area contributed by atoms with Crippen LogP contribution in [-0.4, -0.2) is 27.1 Å². The molecule has 0 fully saturated rings. The van der Waals surface area contributed by atoms with Gasteiger partial charge >= 0.3 is 6.03 Å². The van der Waals surface area contributed by atoms with Crippen molar-refractivity contribution in [1.82, 2.24) is 20.3 Å². The van der Waals surface area contributed by atoms with Crippen LogP contribution in [0.1, 0.15) is 13.3 Å². The minimum Gasteiger partial charge on any atom is -0.333 e. The van der Waals surface area contributed by atoms with Gasteiger partial charge in [0.15, 0.2) is 0 Å². The highest BCUT2D eigenvalue weighted by Crippen LogP contribution is 2.12. The fraction of sp³-hybridized carbons (Fsp3) is 0.222. The maximum absolute atomic E-state index is 13.6. The van der Waals surface area contributed by atoms with E-state index in [0.717, 1.165) is 0 Å². The summed E-state index contributed by atoms with van der Waals surface area (Å²) in [5.74, 6) is -0.521. The highest BCUT2D eigenvalue weighted by Gasteiger charge is 2.15. The first-order valence-corrected chi connectivity index (χ1v) is 8.23. The smallest absolute Gasteiger partial charge is 0.319 e. The Labute approximate surface area is 148 Å². The van der Waals surface area contributed by atoms with Gasteiger partial charge in [-0.05, 0) is 30.7 Å². The van der Waals surface area contributed by atoms with E-state index in [-0.39, 0.29) is 23.8 Å². The number of carbonyl (C=O) groups excluding carboxylic acids is 1. The van der Waals surface area contributed by atoms with Gasteiger partial charge in [0.2, 0.25) is 0 Å². The van der Waals surface area contributed by atoms with Crippen molar-refractivity contribution in [1.29, 1.82) is 0 Å². The van der Waals surface area contributed by atoms with Gasteiger partial charge in [-0.1, -0.05) is 36.4 Å². The van der Waals surface area contributed by atoms with Gasteiger partial charge in [-0.25, -0.2) is 13.9 Å². The molecule has 2 N–H and O–H groups in total. The van der Waals surface area contributed by atoms with Crippen LogP contribution in [0.5, 0.6) is 0 Å². The molecule has 1 heterocycles. The molecule has 134 valence electrons. The first-order chi connectivity index (χ1) is 12.6. The molecular weight excluding hydrogens is 337 g/mol. The van der Waals surface area contributed by atoms with E-state index in [4.69, 9.17) is 0 Å². The Morgan fingerprint density at radius 1 is 1.19 bits per heavy atom. The number of benzene rings is 2. The average Bonchev–Trinajstić information content (AvgIpc) is 2.65. The van der Waals surface area contributed by atoms with Crippen LogP contribution < -0.4 is 16.2 Å². The topological polar surface area (TPSA) is 88.9 Å². The standard InChI is InChI=1S/C18H18FN5O2/c1-2-12(20-18(26)21-16-10-6-4-8-14(16)19)11-24-17(25)13-7-3-5-9-15(13)22-23-24/h3-10,12H,2,11H2,1H3,(H2,20,21,26)/t12-/m1/s1. The van der Waals surface area contributed by atoms with E-state index in [1.165, 1.54) is 22.9 Å². The van der Waals surface area contributed by atoms with Gasteiger partial charge in [0.05, 0.1) is 23.7 Å². The predicted molar refractivity (Wildman–Crippen MR) is 96.4 cm³/mol. The Morgan fingerprint density at radius 3 is 2.69 bits per heavy atom. The third kappa shape index (κ3) is 3.85. The zero-order chi connectivity index (χ0) is 18.5. The maximum Gasteiger partial charge on any atom is 0.319 e. The number of nitrogens with zero attached hydrogens (tertiary/aromatic N) is 3. The third-order valence-electron chi connectivity index (χ3n) is 3.97. The summed E-state index contributed by atoms with van der Waals surface area (Å²) < 4.78 is 14.8. The van der Waals surface area contributed by atoms with Crippen LogP contribution in [0.2, 0.25) is 0 Å². The molecule has 2 aromatic carbocycles. The molecule has 2 amide bonds. The highest BCUT2D eigenvalue weighted by atomic mass is 19.1. The van der Waals surface area contributed by atoms with Crippen molar-refractivity contribution >= 4 is 22.6 Å². The second kappa shape index (κ2) is 7.73. The number of rotatable bonds is 5. The molecule has 0 unspecified atom stereocenters. The monoisotopic (exact) mass is 355 g/mol. The fourth-order valence-corrected chi connectivity index (χ4v) is 2.53. The molecular formula is C18H18FN5O2. The molecule has 1 aromatic heterocycles. The summed E-state index contributed by atoms with van der Waals surface area (Å²) in [4.78, 5) is 24.6. The van der Waals surface area contributed by atoms with Crippen LogP contribution in [-0.2, 0) is 6.54 Å². The number of carbonyl (C=O) groups is 1. The number of para-hydroxylation sites is 1. The number of anilines is 1. The van der Waals surface area contributed by atoms with Crippen molar-refractivity contribution in [3.8, 4) is 0 Å². The maximum atomic E-state index is 13.6. The molecule has 0 aliphatic carbocycles. The molecule has 26 heavy (non-hydrogen) atoms. The van der Waals surface area contributed by atoms with E-state index in [9.17, 15) is 14.0 Å². The molecule has 0 saturated carbocycles. The van der Waals surface area contributed by atoms with E-state index in [2.05, 4.69) is 20.9 Å². The SMILES string of the molecule is CC[C@H](Cn1nnc2ccccc2c1=O)NC(=O)Nc1ccccc1F. The van der Waals surface area contributed by atoms with Crippen LogP contribution in [0.4, 0.5) is 14.9 Å². The molecule has 0 saturated heterocycles. The van der Waals surface area contributed by atoms with Crippen molar-refractivity contribution in [2.45, 2.75) is 25.9 Å². The van der Waals surface area contributed by atoms with E-state index in [1.54, 1.807) is 30.3 Å². The van der Waals surface area contributed by atoms with Gasteiger partial charge in [0, 0.05) is 0 Å². The summed E-state index contributed by atoms with van der Waals surface area (Å²) in [5.41, 5.74) is 0.333. The van der Waals surface area contributed by atoms with Crippen molar-refractivity contribution in [2.24, 2.45) is 0 Å². The van der Waals surface area contributed by atoms with Crippen LogP contribution in [0.15, 0.2) is 53.3 Å². The van der Waals surface area contributed by atoms with E-state index < -0.39 is 11.8 Å². The van der Waals surface area contributed by atoms with Gasteiger partial charge in [0.25, 0.3) is 5.56 Å². The summed E-state index contributed by atoms with van der Waals surface area (Å²) in [7, 11) is 0. The largest absolute Gasteiger partial charge is 0.333 e. The summed E-state index contributed by atoms with van der Waals surface area (Å²) in [5, 5.41) is 13.6. The lowest BCUT2D eigenvalue weighted by Gasteiger charge is -2.18. The summed E-state index contributed by atoms with van der Waals surface area (Å²) in [6.45, 7) is 2.03. The van der Waals surface area contributed by atoms with Gasteiger partial charge in [-0.15, -0.1) is 5.10 Å². The lowest BCUT2D eigenvalue weighted by molar-refractivity contribution is 0.245. The van der Waals surface area contributed by atoms with Crippen molar-refractivity contribution < 1.29 is 9.18 Å². The molecule has 0 radical (unpaired) electrons. The number of nitrogens with one attached hydrogen (secondary N) is 2. The van der Waals surface area contributed by atoms with Crippen LogP contribution in [0.3, 0.4) is 0 Å². The lowest BCUT2D eigenvalue weighted by atomic mass is 10.2. The zero-order valence-electron chi connectivity index (χ0n) is 14.1. The Morgan fingerprint density at radius 2 is 1.92 bits per heavy atom. The number of urea groups is 1. The second-order valence-corrected chi connectivity index (χ2v) is 5.78. The molecule has 0 spiro atoms. The van der Waals surface area contributed by atoms with E-state index >= 15 is 0 Å². The van der Waals surface area contributed by atoms with Crippen LogP contribution >= 0.6 is 0 Å². The summed E-state index contributed by atoms with van der Waals surface area (Å²) >= 11 is 0. The predicted octanol–water partition coefficient (Wildman–Crippen LogP) is 2.53. The second-order valence-electron chi connectivity index (χ2n) is 5.78. The van der Waals surface area contributed by atoms with Crippen LogP contribution in [0.25, 0.3) is 10.9 Å². The molecule has 0 aliphatic heterocycles. The molecule has 3 rings (SSSR count). The van der Waals surface area contributed by atoms with Crippen molar-refractivity contribution in [2.75, 3.05) is 5.32 Å². The molecule has 7 nitrogen and oxygen atoms in total. The minimum absolute atomic E-state index is 0.0857. The Hall–Kier alpha value is -3.29. The molecule has 0 bridgehead atoms. The summed E-state index contributed by atoms with van der Waals surface area (Å²) in [6.07, 6.45) is 0.561. The van der Waals surface area contributed by atoms with Crippen LogP contribution in [0, 0.1) is 5.82 Å². The number of amides is 2. The first-order valence-electron chi connectivity index (χ1n) is 8.23. The quantitative estimate of drug-likeness (QED) is 0.736. The summed E-state index contributed by atoms with van der Waals surface area (Å²) in [6, 6.07) is 11.9. The number of hydrogen-bond acceptors (Lipinski definition) is 4. The Bertz CT molecular complexity index is 988. The van der Waals surface area contributed by atoms with Crippen molar-refractivity contribution in [3.05, 3.63) is 64.7 Å². The highest BCUT2D eigenvalue weighted by molar-refractivity contribution is 5.89. The van der Waals surface area contributed by atoms with E-state index in [1.807, 2.05) is 6.92 Å². The van der Waals surface area contributed by atoms with Gasteiger partial charge < -0.3 is 10.6 Å². The molecule has 1 atom stereocenters. The average molecular weight is 355 g/mol. The van der Waals surface area contributed by atoms with Crippen molar-refractivity contribution in [3.63, 3.8) is 0 Å². The molecule has 8 heteroatoms. The fourth-order valence-electron chi connectivity index (χ4n) is 2.53. The Balaban J connectivity index is 1.72. The number of hydrogen-bond donors (Lipinski definition) is 2. The Kier molecular flexibility index (Phi) is 5.21. The lowest BCUT2D eigenvalue weighted by Crippen LogP contribution is -2.42. The minimum atomic E-state index is -0.552. The zero-order valence-corrected chi connectivity index (χ0v) is 14.1. The van der Waals surface area contributed by atoms with Gasteiger partial charge in [-0.3, -0.25) is 4.79 Å². The van der Waals surface area contributed by atoms with Gasteiger partial charge in [0.1, 0.15) is 11.3 Å². The number of fused-ring (bicyclic) bond motifs is 1. The normalized spacial score (nSPS) is 11.9. The van der Waals surface area contributed by atoms with E-state index in [0.29, 0.717) is 17.3 Å². The molecule has 3 aromatic rings. The first kappa shape index (κ1) is 17.5. The van der Waals surface area contributed by atoms with Gasteiger partial charge in [-0.2, -0.15) is 0 Å².